The van der Waals surface area contributed by atoms with E-state index in [1.807, 2.05) is 23.1 Å². The van der Waals surface area contributed by atoms with Gasteiger partial charge in [0.25, 0.3) is 0 Å². The van der Waals surface area contributed by atoms with Crippen LogP contribution in [0, 0.1) is 5.92 Å². The number of alkyl halides is 1. The van der Waals surface area contributed by atoms with Gasteiger partial charge in [-0.25, -0.2) is 0 Å². The molecule has 98 valence electrons. The summed E-state index contributed by atoms with van der Waals surface area (Å²) in [6.07, 6.45) is 2.78. The van der Waals surface area contributed by atoms with Crippen molar-refractivity contribution < 1.29 is 4.79 Å². The van der Waals surface area contributed by atoms with Crippen LogP contribution in [0.4, 0.5) is 5.69 Å². The van der Waals surface area contributed by atoms with E-state index < -0.39 is 0 Å². The summed E-state index contributed by atoms with van der Waals surface area (Å²) < 4.78 is 0. The molecule has 1 amide bonds. The molecule has 0 N–H and O–H groups in total. The number of rotatable bonds is 5. The molecule has 1 unspecified atom stereocenters. The minimum absolute atomic E-state index is 0.189. The number of nitrogens with zero attached hydrogens (tertiary/aromatic N) is 1. The SMILES string of the molecule is CCCC(CBr)CN1C(=O)Cc2ccc(Cl)cc21. The second kappa shape index (κ2) is 6.07. The molecule has 0 saturated carbocycles. The van der Waals surface area contributed by atoms with Gasteiger partial charge in [-0.1, -0.05) is 46.9 Å². The van der Waals surface area contributed by atoms with E-state index >= 15 is 0 Å². The fourth-order valence-electron chi connectivity index (χ4n) is 2.41. The lowest BCUT2D eigenvalue weighted by Gasteiger charge is -2.23. The number of anilines is 1. The van der Waals surface area contributed by atoms with Crippen LogP contribution in [0.25, 0.3) is 0 Å². The third kappa shape index (κ3) is 2.89. The first-order valence-corrected chi connectivity index (χ1v) is 7.80. The van der Waals surface area contributed by atoms with Crippen molar-refractivity contribution in [1.29, 1.82) is 0 Å². The topological polar surface area (TPSA) is 20.3 Å². The zero-order valence-electron chi connectivity index (χ0n) is 10.5. The highest BCUT2D eigenvalue weighted by Gasteiger charge is 2.28. The van der Waals surface area contributed by atoms with Gasteiger partial charge in [-0.15, -0.1) is 0 Å². The fourth-order valence-corrected chi connectivity index (χ4v) is 3.11. The number of carbonyl (C=O) groups excluding carboxylic acids is 1. The Kier molecular flexibility index (Phi) is 4.68. The van der Waals surface area contributed by atoms with E-state index in [4.69, 9.17) is 11.6 Å². The van der Waals surface area contributed by atoms with E-state index in [0.29, 0.717) is 17.4 Å². The van der Waals surface area contributed by atoms with E-state index in [1.165, 1.54) is 0 Å². The van der Waals surface area contributed by atoms with Crippen LogP contribution in [0.2, 0.25) is 5.02 Å². The van der Waals surface area contributed by atoms with Crippen LogP contribution in [0.1, 0.15) is 25.3 Å². The van der Waals surface area contributed by atoms with Gasteiger partial charge in [0.05, 0.1) is 6.42 Å². The molecule has 0 aliphatic carbocycles. The Morgan fingerprint density at radius 1 is 1.50 bits per heavy atom. The summed E-state index contributed by atoms with van der Waals surface area (Å²) in [5, 5.41) is 1.62. The van der Waals surface area contributed by atoms with Crippen LogP contribution >= 0.6 is 27.5 Å². The first kappa shape index (κ1) is 13.9. The maximum atomic E-state index is 12.1. The van der Waals surface area contributed by atoms with Gasteiger partial charge in [0, 0.05) is 22.6 Å². The average Bonchev–Trinajstić information content (AvgIpc) is 2.65. The zero-order chi connectivity index (χ0) is 13.1. The van der Waals surface area contributed by atoms with Crippen LogP contribution in [0.15, 0.2) is 18.2 Å². The maximum Gasteiger partial charge on any atom is 0.231 e. The largest absolute Gasteiger partial charge is 0.311 e. The highest BCUT2D eigenvalue weighted by Crippen LogP contribution is 2.32. The first-order chi connectivity index (χ1) is 8.65. The Morgan fingerprint density at radius 2 is 2.28 bits per heavy atom. The van der Waals surface area contributed by atoms with Crippen LogP contribution in [-0.2, 0) is 11.2 Å². The molecule has 0 radical (unpaired) electrons. The van der Waals surface area contributed by atoms with E-state index in [1.54, 1.807) is 0 Å². The molecule has 1 heterocycles. The summed E-state index contributed by atoms with van der Waals surface area (Å²) in [7, 11) is 0. The maximum absolute atomic E-state index is 12.1. The second-order valence-corrected chi connectivity index (χ2v) is 5.85. The smallest absolute Gasteiger partial charge is 0.231 e. The van der Waals surface area contributed by atoms with Crippen molar-refractivity contribution in [1.82, 2.24) is 0 Å². The minimum atomic E-state index is 0.189. The van der Waals surface area contributed by atoms with Crippen molar-refractivity contribution in [2.24, 2.45) is 5.92 Å². The molecule has 0 saturated heterocycles. The van der Waals surface area contributed by atoms with Gasteiger partial charge >= 0.3 is 0 Å². The number of benzene rings is 1. The average molecular weight is 331 g/mol. The molecule has 2 nitrogen and oxygen atoms in total. The molecule has 1 aromatic rings. The van der Waals surface area contributed by atoms with E-state index in [9.17, 15) is 4.79 Å². The van der Waals surface area contributed by atoms with Crippen LogP contribution in [0.5, 0.6) is 0 Å². The summed E-state index contributed by atoms with van der Waals surface area (Å²) in [5.41, 5.74) is 2.09. The van der Waals surface area contributed by atoms with E-state index in [-0.39, 0.29) is 5.91 Å². The number of hydrogen-bond donors (Lipinski definition) is 0. The van der Waals surface area contributed by atoms with Crippen LogP contribution < -0.4 is 4.90 Å². The Morgan fingerprint density at radius 3 is 2.94 bits per heavy atom. The van der Waals surface area contributed by atoms with E-state index in [2.05, 4.69) is 22.9 Å². The lowest BCUT2D eigenvalue weighted by Crippen LogP contribution is -2.32. The molecule has 1 atom stereocenters. The van der Waals surface area contributed by atoms with Crippen LogP contribution in [0.3, 0.4) is 0 Å². The predicted octanol–water partition coefficient (Wildman–Crippen LogP) is 4.04. The first-order valence-electron chi connectivity index (χ1n) is 6.30. The highest BCUT2D eigenvalue weighted by molar-refractivity contribution is 9.09. The van der Waals surface area contributed by atoms with Crippen molar-refractivity contribution in [2.45, 2.75) is 26.2 Å². The summed E-state index contributed by atoms with van der Waals surface area (Å²) in [6.45, 7) is 2.96. The summed E-state index contributed by atoms with van der Waals surface area (Å²) >= 11 is 9.56. The predicted molar refractivity (Wildman–Crippen MR) is 79.7 cm³/mol. The molecular formula is C14H17BrClNO. The lowest BCUT2D eigenvalue weighted by molar-refractivity contribution is -0.117. The van der Waals surface area contributed by atoms with Gasteiger partial charge in [-0.2, -0.15) is 0 Å². The number of hydrogen-bond acceptors (Lipinski definition) is 1. The highest BCUT2D eigenvalue weighted by atomic mass is 79.9. The molecule has 0 bridgehead atoms. The van der Waals surface area contributed by atoms with Crippen molar-refractivity contribution in [3.05, 3.63) is 28.8 Å². The van der Waals surface area contributed by atoms with Crippen molar-refractivity contribution in [3.8, 4) is 0 Å². The van der Waals surface area contributed by atoms with Crippen molar-refractivity contribution in [3.63, 3.8) is 0 Å². The van der Waals surface area contributed by atoms with E-state index in [0.717, 1.165) is 36.0 Å². The molecule has 0 fully saturated rings. The summed E-state index contributed by atoms with van der Waals surface area (Å²) in [5.74, 6) is 0.693. The van der Waals surface area contributed by atoms with Gasteiger partial charge in [-0.3, -0.25) is 4.79 Å². The standard InChI is InChI=1S/C14H17BrClNO/c1-2-3-10(8-15)9-17-13-7-12(16)5-4-11(13)6-14(17)18/h4-5,7,10H,2-3,6,8-9H2,1H3. The molecule has 0 aromatic heterocycles. The Hall–Kier alpha value is -0.540. The summed E-state index contributed by atoms with van der Waals surface area (Å²) in [4.78, 5) is 14.0. The van der Waals surface area contributed by atoms with Gasteiger partial charge in [0.1, 0.15) is 0 Å². The molecule has 1 aliphatic rings. The van der Waals surface area contributed by atoms with Gasteiger partial charge < -0.3 is 4.90 Å². The lowest BCUT2D eigenvalue weighted by atomic mass is 10.1. The third-order valence-corrected chi connectivity index (χ3v) is 4.49. The Labute approximate surface area is 121 Å². The Bertz CT molecular complexity index is 449. The van der Waals surface area contributed by atoms with Gasteiger partial charge in [0.2, 0.25) is 5.91 Å². The normalized spacial score (nSPS) is 15.9. The number of halogens is 2. The third-order valence-electron chi connectivity index (χ3n) is 3.34. The molecular weight excluding hydrogens is 314 g/mol. The number of carbonyl (C=O) groups is 1. The van der Waals surface area contributed by atoms with Crippen LogP contribution in [-0.4, -0.2) is 17.8 Å². The molecule has 2 rings (SSSR count). The zero-order valence-corrected chi connectivity index (χ0v) is 12.8. The van der Waals surface area contributed by atoms with Gasteiger partial charge in [0.15, 0.2) is 0 Å². The monoisotopic (exact) mass is 329 g/mol. The van der Waals surface area contributed by atoms with Gasteiger partial charge in [-0.05, 0) is 30.0 Å². The number of amides is 1. The molecule has 4 heteroatoms. The quantitative estimate of drug-likeness (QED) is 0.746. The fraction of sp³-hybridized carbons (Fsp3) is 0.500. The molecule has 18 heavy (non-hydrogen) atoms. The molecule has 1 aromatic carbocycles. The minimum Gasteiger partial charge on any atom is -0.311 e. The van der Waals surface area contributed by atoms with Crippen molar-refractivity contribution in [2.75, 3.05) is 16.8 Å². The second-order valence-electron chi connectivity index (χ2n) is 4.76. The Balaban J connectivity index is 2.19. The number of fused-ring (bicyclic) bond motifs is 1. The van der Waals surface area contributed by atoms with Crippen molar-refractivity contribution >= 4 is 39.1 Å². The molecule has 1 aliphatic heterocycles. The summed E-state index contributed by atoms with van der Waals surface area (Å²) in [6, 6.07) is 5.71. The molecule has 0 spiro atoms.